The molecule has 12 nitrogen and oxygen atoms in total. The number of aliphatic hydroxyl groups is 4. The highest BCUT2D eigenvalue weighted by atomic mass is 79.9. The Bertz CT molecular complexity index is 778. The topological polar surface area (TPSA) is 164 Å². The monoisotopic (exact) mass is 495 g/mol. The van der Waals surface area contributed by atoms with Crippen LogP contribution in [-0.2, 0) is 23.7 Å². The third-order valence-electron chi connectivity index (χ3n) is 5.78. The van der Waals surface area contributed by atoms with Gasteiger partial charge in [0.05, 0.1) is 13.2 Å². The van der Waals surface area contributed by atoms with Gasteiger partial charge in [0.15, 0.2) is 18.0 Å². The Hall–Kier alpha value is -1.00. The van der Waals surface area contributed by atoms with Gasteiger partial charge in [-0.1, -0.05) is 0 Å². The van der Waals surface area contributed by atoms with E-state index >= 15 is 0 Å². The van der Waals surface area contributed by atoms with Crippen LogP contribution in [0, 0.1) is 0 Å². The molecule has 0 aromatic heterocycles. The number of imide groups is 1. The van der Waals surface area contributed by atoms with E-state index in [9.17, 15) is 30.0 Å². The number of rotatable bonds is 4. The van der Waals surface area contributed by atoms with Crippen molar-refractivity contribution in [2.45, 2.75) is 68.7 Å². The zero-order valence-electron chi connectivity index (χ0n) is 16.2. The number of ether oxygens (including phenoxy) is 4. The molecule has 0 radical (unpaired) electrons. The highest BCUT2D eigenvalue weighted by Crippen LogP contribution is 2.46. The maximum Gasteiger partial charge on any atom is 0.432 e. The number of nitrogens with one attached hydrogen (secondary N) is 1. The van der Waals surface area contributed by atoms with Crippen LogP contribution in [0.3, 0.4) is 0 Å². The molecule has 3 saturated heterocycles. The predicted molar refractivity (Wildman–Crippen MR) is 98.1 cm³/mol. The molecule has 0 saturated carbocycles. The Morgan fingerprint density at radius 1 is 1.03 bits per heavy atom. The first kappa shape index (κ1) is 22.2. The number of fused-ring (bicyclic) bond motifs is 1. The summed E-state index contributed by atoms with van der Waals surface area (Å²) >= 11 is 3.10. The summed E-state index contributed by atoms with van der Waals surface area (Å²) in [5.41, 5.74) is 0. The van der Waals surface area contributed by atoms with E-state index in [1.54, 1.807) is 13.8 Å². The smallest absolute Gasteiger partial charge is 0.394 e. The predicted octanol–water partition coefficient (Wildman–Crippen LogP) is -2.03. The average Bonchev–Trinajstić information content (AvgIpc) is 3.27. The minimum absolute atomic E-state index is 0.0365. The quantitative estimate of drug-likeness (QED) is 0.274. The Balaban J connectivity index is 1.83. The Morgan fingerprint density at radius 3 is 2.23 bits per heavy atom. The van der Waals surface area contributed by atoms with E-state index in [1.165, 1.54) is 6.20 Å². The molecule has 0 spiro atoms. The number of aliphatic hydroxyl groups excluding tert-OH is 4. The van der Waals surface area contributed by atoms with Gasteiger partial charge in [-0.15, -0.1) is 0 Å². The number of quaternary nitrogens is 1. The zero-order chi connectivity index (χ0) is 22.0. The Kier molecular flexibility index (Phi) is 5.59. The van der Waals surface area contributed by atoms with Crippen molar-refractivity contribution in [3.05, 3.63) is 10.7 Å². The van der Waals surface area contributed by atoms with Crippen LogP contribution >= 0.6 is 15.9 Å². The van der Waals surface area contributed by atoms with E-state index in [0.29, 0.717) is 0 Å². The normalized spacial score (nSPS) is 47.9. The molecule has 168 valence electrons. The number of hydrogen-bond acceptors (Lipinski definition) is 10. The summed E-state index contributed by atoms with van der Waals surface area (Å²) in [5, 5.41) is 42.4. The van der Waals surface area contributed by atoms with Gasteiger partial charge in [0.1, 0.15) is 35.1 Å². The van der Waals surface area contributed by atoms with Crippen LogP contribution in [0.1, 0.15) is 13.8 Å². The molecule has 4 aliphatic rings. The van der Waals surface area contributed by atoms with Gasteiger partial charge in [-0.05, 0) is 29.8 Å². The van der Waals surface area contributed by atoms with Crippen LogP contribution < -0.4 is 5.32 Å². The lowest BCUT2D eigenvalue weighted by Gasteiger charge is -2.43. The van der Waals surface area contributed by atoms with Gasteiger partial charge in [0, 0.05) is 0 Å². The van der Waals surface area contributed by atoms with Crippen molar-refractivity contribution in [3.8, 4) is 0 Å². The number of hydrogen-bond donors (Lipinski definition) is 5. The van der Waals surface area contributed by atoms with Gasteiger partial charge < -0.3 is 39.4 Å². The van der Waals surface area contributed by atoms with Crippen molar-refractivity contribution < 1.29 is 53.4 Å². The van der Waals surface area contributed by atoms with Crippen molar-refractivity contribution in [2.24, 2.45) is 0 Å². The summed E-state index contributed by atoms with van der Waals surface area (Å²) < 4.78 is 22.4. The molecule has 3 amide bonds. The van der Waals surface area contributed by atoms with Crippen LogP contribution in [0.5, 0.6) is 0 Å². The lowest BCUT2D eigenvalue weighted by Crippen LogP contribution is -2.72. The number of halogens is 1. The summed E-state index contributed by atoms with van der Waals surface area (Å²) in [6.07, 6.45) is -8.19. The van der Waals surface area contributed by atoms with Gasteiger partial charge in [-0.3, -0.25) is 4.79 Å². The van der Waals surface area contributed by atoms with Crippen LogP contribution in [0.15, 0.2) is 10.7 Å². The second kappa shape index (κ2) is 7.55. The summed E-state index contributed by atoms with van der Waals surface area (Å²) in [6.45, 7) is 2.29. The summed E-state index contributed by atoms with van der Waals surface area (Å²) in [4.78, 5) is 25.3. The molecular weight excluding hydrogens is 472 g/mol. The van der Waals surface area contributed by atoms with E-state index in [2.05, 4.69) is 21.2 Å². The van der Waals surface area contributed by atoms with E-state index < -0.39 is 84.5 Å². The highest BCUT2D eigenvalue weighted by Gasteiger charge is 2.70. The number of urea groups is 1. The SMILES string of the molecule is CC1(C)O[C@@H]2[C@H](O1)[C@@H]([N+]1([C@@H]3O[C@H](CO)[C@@H](O)[C@H]3O)C=C(Br)C(=O)NC1=O)O[C@H]2CO. The Labute approximate surface area is 179 Å². The van der Waals surface area contributed by atoms with Crippen molar-refractivity contribution in [2.75, 3.05) is 13.2 Å². The van der Waals surface area contributed by atoms with Crippen molar-refractivity contribution in [1.29, 1.82) is 0 Å². The third kappa shape index (κ3) is 3.16. The minimum Gasteiger partial charge on any atom is -0.394 e. The fourth-order valence-corrected chi connectivity index (χ4v) is 4.90. The number of amides is 3. The third-order valence-corrected chi connectivity index (χ3v) is 6.35. The van der Waals surface area contributed by atoms with Gasteiger partial charge in [-0.25, -0.2) is 10.1 Å². The molecule has 4 heterocycles. The minimum atomic E-state index is -1.61. The first-order valence-electron chi connectivity index (χ1n) is 9.42. The highest BCUT2D eigenvalue weighted by molar-refractivity contribution is 9.12. The standard InChI is InChI=1S/C17H23BrN2O10/c1-17(2)29-11-8(5-22)28-15(12(11)30-17)20(3-6(18)13(25)19-16(20)26)14-10(24)9(23)7(4-21)27-14/h3,7-12,14-15,21-24H,4-5H2,1-2H3/p+1/t7-,8+,9-,10-,11+,12+,14-,15+,20?/m1/s1. The second-order valence-electron chi connectivity index (χ2n) is 8.11. The van der Waals surface area contributed by atoms with E-state index in [4.69, 9.17) is 18.9 Å². The maximum atomic E-state index is 13.2. The first-order valence-corrected chi connectivity index (χ1v) is 10.2. The van der Waals surface area contributed by atoms with Crippen LogP contribution in [-0.4, -0.2) is 105 Å². The molecule has 13 heteroatoms. The molecule has 9 atom stereocenters. The number of nitrogens with zero attached hydrogens (tertiary/aromatic N) is 1. The summed E-state index contributed by atoms with van der Waals surface area (Å²) in [6, 6.07) is -0.895. The zero-order valence-corrected chi connectivity index (χ0v) is 17.8. The average molecular weight is 496 g/mol. The largest absolute Gasteiger partial charge is 0.432 e. The molecule has 5 N–H and O–H groups in total. The van der Waals surface area contributed by atoms with Gasteiger partial charge in [-0.2, -0.15) is 4.48 Å². The van der Waals surface area contributed by atoms with E-state index in [1.807, 2.05) is 0 Å². The van der Waals surface area contributed by atoms with Gasteiger partial charge >= 0.3 is 6.03 Å². The lowest BCUT2D eigenvalue weighted by atomic mass is 10.1. The molecule has 0 bridgehead atoms. The molecule has 0 aromatic carbocycles. The van der Waals surface area contributed by atoms with Crippen LogP contribution in [0.25, 0.3) is 0 Å². The van der Waals surface area contributed by atoms with Gasteiger partial charge in [0.25, 0.3) is 5.91 Å². The molecule has 4 aliphatic heterocycles. The molecule has 1 unspecified atom stereocenters. The fourth-order valence-electron chi connectivity index (χ4n) is 4.46. The molecule has 3 fully saturated rings. The first-order chi connectivity index (χ1) is 14.1. The fraction of sp³-hybridized carbons (Fsp3) is 0.765. The van der Waals surface area contributed by atoms with Crippen LogP contribution in [0.2, 0.25) is 0 Å². The molecule has 30 heavy (non-hydrogen) atoms. The number of carbonyl (C=O) groups excluding carboxylic acids is 2. The van der Waals surface area contributed by atoms with Crippen molar-refractivity contribution >= 4 is 27.9 Å². The second-order valence-corrected chi connectivity index (χ2v) is 8.97. The van der Waals surface area contributed by atoms with E-state index in [-0.39, 0.29) is 4.48 Å². The summed E-state index contributed by atoms with van der Waals surface area (Å²) in [7, 11) is 0. The maximum absolute atomic E-state index is 13.2. The van der Waals surface area contributed by atoms with Crippen molar-refractivity contribution in [1.82, 2.24) is 5.32 Å². The van der Waals surface area contributed by atoms with Crippen LogP contribution in [0.4, 0.5) is 4.79 Å². The Morgan fingerprint density at radius 2 is 1.63 bits per heavy atom. The molecule has 4 rings (SSSR count). The van der Waals surface area contributed by atoms with E-state index in [0.717, 1.165) is 0 Å². The lowest BCUT2D eigenvalue weighted by molar-refractivity contribution is -0.904. The molecule has 0 aromatic rings. The molecule has 0 aliphatic carbocycles. The number of carbonyl (C=O) groups is 2. The van der Waals surface area contributed by atoms with Crippen molar-refractivity contribution in [3.63, 3.8) is 0 Å². The van der Waals surface area contributed by atoms with Gasteiger partial charge in [0.2, 0.25) is 12.5 Å². The molecular formula is C17H24BrN2O10+. The summed E-state index contributed by atoms with van der Waals surface area (Å²) in [5.74, 6) is -1.75.